The maximum atomic E-state index is 12.1. The molecule has 1 aromatic carbocycles. The number of ether oxygens (including phenoxy) is 1. The third-order valence-electron chi connectivity index (χ3n) is 4.02. The maximum absolute atomic E-state index is 12.1. The van der Waals surface area contributed by atoms with Crippen molar-refractivity contribution in [1.82, 2.24) is 4.90 Å². The van der Waals surface area contributed by atoms with Gasteiger partial charge in [0, 0.05) is 18.5 Å². The molecule has 19 heavy (non-hydrogen) atoms. The van der Waals surface area contributed by atoms with Crippen LogP contribution in [0.4, 0.5) is 0 Å². The van der Waals surface area contributed by atoms with E-state index in [-0.39, 0.29) is 12.0 Å². The highest BCUT2D eigenvalue weighted by atomic mass is 16.5. The molecule has 0 N–H and O–H groups in total. The Morgan fingerprint density at radius 2 is 2.11 bits per heavy atom. The zero-order chi connectivity index (χ0) is 13.2. The fourth-order valence-electron chi connectivity index (χ4n) is 3.19. The minimum Gasteiger partial charge on any atom is -0.465 e. The topological polar surface area (TPSA) is 29.5 Å². The number of rotatable bonds is 4. The van der Waals surface area contributed by atoms with E-state index in [2.05, 4.69) is 29.2 Å². The number of hydrogen-bond donors (Lipinski definition) is 0. The summed E-state index contributed by atoms with van der Waals surface area (Å²) in [5, 5.41) is 0. The minimum atomic E-state index is -0.102. The molecule has 1 aliphatic carbocycles. The van der Waals surface area contributed by atoms with Crippen molar-refractivity contribution in [1.29, 1.82) is 0 Å². The van der Waals surface area contributed by atoms with Crippen LogP contribution in [-0.4, -0.2) is 29.6 Å². The van der Waals surface area contributed by atoms with Crippen molar-refractivity contribution in [3.8, 4) is 0 Å². The van der Waals surface area contributed by atoms with Crippen molar-refractivity contribution in [3.05, 3.63) is 48.0 Å². The first-order chi connectivity index (χ1) is 9.29. The van der Waals surface area contributed by atoms with Crippen molar-refractivity contribution in [2.75, 3.05) is 6.61 Å². The Hall–Kier alpha value is -1.61. The van der Waals surface area contributed by atoms with E-state index in [1.165, 1.54) is 5.56 Å². The Bertz CT molecular complexity index is 483. The number of nitrogens with zero attached hydrogens (tertiary/aromatic N) is 1. The zero-order valence-corrected chi connectivity index (χ0v) is 11.2. The van der Waals surface area contributed by atoms with Crippen LogP contribution in [0, 0.1) is 5.92 Å². The van der Waals surface area contributed by atoms with Crippen molar-refractivity contribution in [3.63, 3.8) is 0 Å². The van der Waals surface area contributed by atoms with E-state index in [9.17, 15) is 4.79 Å². The molecule has 3 atom stereocenters. The highest BCUT2D eigenvalue weighted by molar-refractivity contribution is 5.77. The number of likely N-dealkylation sites (tertiary alicyclic amines) is 1. The van der Waals surface area contributed by atoms with Crippen LogP contribution in [0.1, 0.15) is 18.9 Å². The molecule has 1 heterocycles. The van der Waals surface area contributed by atoms with Gasteiger partial charge in [-0.25, -0.2) is 0 Å². The highest BCUT2D eigenvalue weighted by Gasteiger charge is 2.46. The van der Waals surface area contributed by atoms with Crippen LogP contribution in [0.2, 0.25) is 0 Å². The molecular weight excluding hydrogens is 238 g/mol. The number of fused-ring (bicyclic) bond motifs is 2. The molecule has 1 fully saturated rings. The molecule has 2 aliphatic rings. The largest absolute Gasteiger partial charge is 0.465 e. The molecule has 1 aromatic rings. The van der Waals surface area contributed by atoms with Gasteiger partial charge in [-0.1, -0.05) is 42.5 Å². The fourth-order valence-corrected chi connectivity index (χ4v) is 3.19. The number of benzene rings is 1. The van der Waals surface area contributed by atoms with Gasteiger partial charge in [0.1, 0.15) is 6.04 Å². The summed E-state index contributed by atoms with van der Waals surface area (Å²) in [7, 11) is 0. The lowest BCUT2D eigenvalue weighted by Gasteiger charge is -2.30. The lowest BCUT2D eigenvalue weighted by atomic mass is 10.0. The summed E-state index contributed by atoms with van der Waals surface area (Å²) >= 11 is 0. The average Bonchev–Trinajstić information content (AvgIpc) is 3.01. The van der Waals surface area contributed by atoms with E-state index in [1.807, 2.05) is 25.1 Å². The molecular formula is C16H19NO2. The molecule has 0 saturated carbocycles. The van der Waals surface area contributed by atoms with Crippen LogP contribution in [0.3, 0.4) is 0 Å². The molecule has 0 radical (unpaired) electrons. The van der Waals surface area contributed by atoms with Gasteiger partial charge in [0.25, 0.3) is 0 Å². The van der Waals surface area contributed by atoms with Gasteiger partial charge >= 0.3 is 5.97 Å². The van der Waals surface area contributed by atoms with E-state index in [0.717, 1.165) is 13.0 Å². The van der Waals surface area contributed by atoms with E-state index < -0.39 is 0 Å². The van der Waals surface area contributed by atoms with Gasteiger partial charge in [-0.3, -0.25) is 9.69 Å². The molecule has 1 saturated heterocycles. The van der Waals surface area contributed by atoms with E-state index in [0.29, 0.717) is 18.6 Å². The Morgan fingerprint density at radius 1 is 1.32 bits per heavy atom. The quantitative estimate of drug-likeness (QED) is 0.612. The first kappa shape index (κ1) is 12.4. The summed E-state index contributed by atoms with van der Waals surface area (Å²) in [5.41, 5.74) is 1.25. The van der Waals surface area contributed by atoms with E-state index in [1.54, 1.807) is 0 Å². The first-order valence-electron chi connectivity index (χ1n) is 6.94. The third-order valence-corrected chi connectivity index (χ3v) is 4.02. The number of carbonyl (C=O) groups excluding carboxylic acids is 1. The summed E-state index contributed by atoms with van der Waals surface area (Å²) in [6.45, 7) is 3.13. The highest BCUT2D eigenvalue weighted by Crippen LogP contribution is 2.38. The van der Waals surface area contributed by atoms with Gasteiger partial charge in [-0.2, -0.15) is 0 Å². The molecule has 0 unspecified atom stereocenters. The predicted molar refractivity (Wildman–Crippen MR) is 73.4 cm³/mol. The minimum absolute atomic E-state index is 0.0738. The molecule has 3 rings (SSSR count). The Balaban J connectivity index is 1.78. The molecule has 2 bridgehead atoms. The Kier molecular flexibility index (Phi) is 3.38. The Morgan fingerprint density at radius 3 is 2.84 bits per heavy atom. The molecule has 1 aliphatic heterocycles. The van der Waals surface area contributed by atoms with Crippen LogP contribution in [0.15, 0.2) is 42.5 Å². The number of esters is 1. The Labute approximate surface area is 113 Å². The van der Waals surface area contributed by atoms with Gasteiger partial charge in [0.2, 0.25) is 0 Å². The van der Waals surface area contributed by atoms with Crippen molar-refractivity contribution >= 4 is 5.97 Å². The first-order valence-corrected chi connectivity index (χ1v) is 6.94. The second-order valence-electron chi connectivity index (χ2n) is 5.21. The van der Waals surface area contributed by atoms with Gasteiger partial charge < -0.3 is 4.74 Å². The van der Waals surface area contributed by atoms with Crippen molar-refractivity contribution in [2.24, 2.45) is 5.92 Å². The smallest absolute Gasteiger partial charge is 0.323 e. The van der Waals surface area contributed by atoms with Gasteiger partial charge in [0.05, 0.1) is 6.61 Å². The fraction of sp³-hybridized carbons (Fsp3) is 0.438. The summed E-state index contributed by atoms with van der Waals surface area (Å²) in [4.78, 5) is 14.4. The molecule has 3 nitrogen and oxygen atoms in total. The van der Waals surface area contributed by atoms with Crippen LogP contribution >= 0.6 is 0 Å². The summed E-state index contributed by atoms with van der Waals surface area (Å²) in [6, 6.07) is 10.6. The number of hydrogen-bond acceptors (Lipinski definition) is 3. The average molecular weight is 257 g/mol. The monoisotopic (exact) mass is 257 g/mol. The molecule has 3 heteroatoms. The van der Waals surface area contributed by atoms with E-state index in [4.69, 9.17) is 4.74 Å². The van der Waals surface area contributed by atoms with Gasteiger partial charge in [-0.05, 0) is 18.9 Å². The lowest BCUT2D eigenvalue weighted by molar-refractivity contribution is -0.150. The molecule has 100 valence electrons. The maximum Gasteiger partial charge on any atom is 0.323 e. The standard InChI is InChI=1S/C16H19NO2/c1-2-19-16(18)15-13-8-9-14(10-13)17(15)11-12-6-4-3-5-7-12/h3-9,13-15H,2,10-11H2,1H3/t13-,14+,15-/m0/s1. The molecule has 0 amide bonds. The third kappa shape index (κ3) is 2.30. The summed E-state index contributed by atoms with van der Waals surface area (Å²) in [5.74, 6) is 0.253. The second-order valence-corrected chi connectivity index (χ2v) is 5.21. The van der Waals surface area contributed by atoms with Crippen LogP contribution in [0.5, 0.6) is 0 Å². The summed E-state index contributed by atoms with van der Waals surface area (Å²) < 4.78 is 5.23. The SMILES string of the molecule is CCOC(=O)[C@@H]1[C@H]2C=C[C@H](C2)N1Cc1ccccc1. The van der Waals surface area contributed by atoms with Crippen LogP contribution in [-0.2, 0) is 16.1 Å². The number of carbonyl (C=O) groups is 1. The van der Waals surface area contributed by atoms with Crippen molar-refractivity contribution < 1.29 is 9.53 Å². The molecule has 0 aromatic heterocycles. The van der Waals surface area contributed by atoms with E-state index >= 15 is 0 Å². The van der Waals surface area contributed by atoms with Gasteiger partial charge in [-0.15, -0.1) is 0 Å². The zero-order valence-electron chi connectivity index (χ0n) is 11.2. The molecule has 0 spiro atoms. The van der Waals surface area contributed by atoms with Gasteiger partial charge in [0.15, 0.2) is 0 Å². The van der Waals surface area contributed by atoms with Crippen molar-refractivity contribution in [2.45, 2.75) is 32.0 Å². The van der Waals surface area contributed by atoms with Crippen LogP contribution < -0.4 is 0 Å². The normalized spacial score (nSPS) is 28.8. The summed E-state index contributed by atoms with van der Waals surface area (Å²) in [6.07, 6.45) is 5.45. The lowest BCUT2D eigenvalue weighted by Crippen LogP contribution is -2.44. The second kappa shape index (κ2) is 5.17. The van der Waals surface area contributed by atoms with Crippen LogP contribution in [0.25, 0.3) is 0 Å². The predicted octanol–water partition coefficient (Wildman–Crippen LogP) is 2.38.